The lowest BCUT2D eigenvalue weighted by molar-refractivity contribution is 0.104. The van der Waals surface area contributed by atoms with E-state index < -0.39 is 0 Å². The van der Waals surface area contributed by atoms with Gasteiger partial charge in [-0.15, -0.1) is 0 Å². The zero-order valence-corrected chi connectivity index (χ0v) is 12.4. The number of aromatic nitrogens is 2. The van der Waals surface area contributed by atoms with Crippen LogP contribution in [0.3, 0.4) is 0 Å². The molecule has 0 unspecified atom stereocenters. The Hall–Kier alpha value is -1.99. The fourth-order valence-corrected chi connectivity index (χ4v) is 3.22. The first-order valence-corrected chi connectivity index (χ1v) is 7.74. The summed E-state index contributed by atoms with van der Waals surface area (Å²) in [6.07, 6.45) is 4.29. The molecule has 1 aliphatic rings. The van der Waals surface area contributed by atoms with Crippen molar-refractivity contribution in [3.05, 3.63) is 35.0 Å². The molecule has 7 heteroatoms. The lowest BCUT2D eigenvalue weighted by atomic mass is 10.1. The SMILES string of the molecule is Nc1ncccc1C(=O)c1cnc(N2CCCNCC2)s1.[HH].[HH].[HH]. The lowest BCUT2D eigenvalue weighted by Gasteiger charge is -2.18. The number of ketones is 1. The van der Waals surface area contributed by atoms with Crippen molar-refractivity contribution in [1.82, 2.24) is 15.3 Å². The van der Waals surface area contributed by atoms with E-state index in [9.17, 15) is 4.79 Å². The summed E-state index contributed by atoms with van der Waals surface area (Å²) in [7, 11) is 0. The van der Waals surface area contributed by atoms with Crippen molar-refractivity contribution >= 4 is 28.1 Å². The lowest BCUT2D eigenvalue weighted by Crippen LogP contribution is -2.27. The molecule has 2 aromatic rings. The Kier molecular flexibility index (Phi) is 4.12. The highest BCUT2D eigenvalue weighted by atomic mass is 32.1. The number of thiazole rings is 1. The van der Waals surface area contributed by atoms with Crippen LogP contribution in [0.1, 0.15) is 25.9 Å². The first-order valence-electron chi connectivity index (χ1n) is 6.92. The van der Waals surface area contributed by atoms with Gasteiger partial charge in [0, 0.05) is 30.1 Å². The van der Waals surface area contributed by atoms with Gasteiger partial charge in [0.25, 0.3) is 0 Å². The number of nitrogen functional groups attached to an aromatic ring is 1. The van der Waals surface area contributed by atoms with Crippen molar-refractivity contribution in [2.45, 2.75) is 6.42 Å². The number of hydrogen-bond acceptors (Lipinski definition) is 7. The van der Waals surface area contributed by atoms with Crippen molar-refractivity contribution in [3.63, 3.8) is 0 Å². The Morgan fingerprint density at radius 3 is 3.14 bits per heavy atom. The van der Waals surface area contributed by atoms with Crippen LogP contribution in [0.5, 0.6) is 0 Å². The molecule has 1 saturated heterocycles. The zero-order valence-electron chi connectivity index (χ0n) is 11.6. The average Bonchev–Trinajstić information content (AvgIpc) is 2.83. The molecule has 0 radical (unpaired) electrons. The number of rotatable bonds is 3. The molecular weight excluding hydrogens is 286 g/mol. The first kappa shape index (κ1) is 14.0. The van der Waals surface area contributed by atoms with E-state index in [2.05, 4.69) is 20.2 Å². The average molecular weight is 309 g/mol. The van der Waals surface area contributed by atoms with Gasteiger partial charge < -0.3 is 16.0 Å². The second-order valence-electron chi connectivity index (χ2n) is 4.86. The summed E-state index contributed by atoms with van der Waals surface area (Å²) in [5.74, 6) is 0.147. The Morgan fingerprint density at radius 2 is 2.29 bits per heavy atom. The number of nitrogens with one attached hydrogen (secondary N) is 1. The number of nitrogens with zero attached hydrogens (tertiary/aromatic N) is 3. The van der Waals surface area contributed by atoms with Gasteiger partial charge in [-0.3, -0.25) is 4.79 Å². The van der Waals surface area contributed by atoms with Crippen LogP contribution in [0, 0.1) is 0 Å². The topological polar surface area (TPSA) is 84.1 Å². The largest absolute Gasteiger partial charge is 0.383 e. The Bertz CT molecular complexity index is 647. The van der Waals surface area contributed by atoms with E-state index in [0.29, 0.717) is 10.4 Å². The molecule has 3 N–H and O–H groups in total. The minimum absolute atomic E-state index is 0. The maximum atomic E-state index is 12.5. The van der Waals surface area contributed by atoms with Gasteiger partial charge in [-0.05, 0) is 25.1 Å². The highest BCUT2D eigenvalue weighted by molar-refractivity contribution is 7.17. The predicted octanol–water partition coefficient (Wildman–Crippen LogP) is 1.89. The molecular formula is C14H23N5OS. The van der Waals surface area contributed by atoms with Crippen molar-refractivity contribution in [2.24, 2.45) is 0 Å². The van der Waals surface area contributed by atoms with Gasteiger partial charge in [-0.1, -0.05) is 11.3 Å². The third-order valence-corrected chi connectivity index (χ3v) is 4.47. The van der Waals surface area contributed by atoms with Gasteiger partial charge in [0.2, 0.25) is 5.78 Å². The van der Waals surface area contributed by atoms with Gasteiger partial charge in [-0.2, -0.15) is 0 Å². The standard InChI is InChI=1S/C14H17N5OS.3H2/c15-13-10(3-1-5-17-13)12(20)11-9-18-14(21-11)19-7-2-4-16-6-8-19;;;/h1,3,5,9,16H,2,4,6-8H2,(H2,15,17);3*1H. The van der Waals surface area contributed by atoms with Crippen LogP contribution in [-0.2, 0) is 0 Å². The van der Waals surface area contributed by atoms with Gasteiger partial charge in [0.05, 0.1) is 16.6 Å². The van der Waals surface area contributed by atoms with Crippen LogP contribution in [-0.4, -0.2) is 41.9 Å². The maximum Gasteiger partial charge on any atom is 0.208 e. The third-order valence-electron chi connectivity index (χ3n) is 3.41. The highest BCUT2D eigenvalue weighted by Gasteiger charge is 2.19. The van der Waals surface area contributed by atoms with Crippen molar-refractivity contribution in [1.29, 1.82) is 0 Å². The van der Waals surface area contributed by atoms with Gasteiger partial charge in [0.1, 0.15) is 5.82 Å². The van der Waals surface area contributed by atoms with Crippen LogP contribution in [0.15, 0.2) is 24.5 Å². The molecule has 21 heavy (non-hydrogen) atoms. The van der Waals surface area contributed by atoms with Crippen molar-refractivity contribution in [3.8, 4) is 0 Å². The fraction of sp³-hybridized carbons (Fsp3) is 0.357. The van der Waals surface area contributed by atoms with E-state index in [-0.39, 0.29) is 15.9 Å². The molecule has 0 bridgehead atoms. The molecule has 0 amide bonds. The molecule has 2 aromatic heterocycles. The molecule has 3 rings (SSSR count). The summed E-state index contributed by atoms with van der Waals surface area (Å²) in [5, 5.41) is 4.25. The monoisotopic (exact) mass is 309 g/mol. The molecule has 116 valence electrons. The second-order valence-corrected chi connectivity index (χ2v) is 5.87. The number of carbonyl (C=O) groups is 1. The highest BCUT2D eigenvalue weighted by Crippen LogP contribution is 2.26. The number of pyridine rings is 1. The Morgan fingerprint density at radius 1 is 1.38 bits per heavy atom. The van der Waals surface area contributed by atoms with Crippen LogP contribution in [0.4, 0.5) is 10.9 Å². The molecule has 0 saturated carbocycles. The minimum Gasteiger partial charge on any atom is -0.383 e. The molecule has 0 aromatic carbocycles. The van der Waals surface area contributed by atoms with Gasteiger partial charge >= 0.3 is 0 Å². The number of carbonyl (C=O) groups excluding carboxylic acids is 1. The summed E-state index contributed by atoms with van der Waals surface area (Å²) in [6, 6.07) is 3.41. The molecule has 6 nitrogen and oxygen atoms in total. The van der Waals surface area contributed by atoms with E-state index in [1.807, 2.05) is 0 Å². The number of anilines is 2. The van der Waals surface area contributed by atoms with Gasteiger partial charge in [0.15, 0.2) is 5.13 Å². The zero-order chi connectivity index (χ0) is 14.7. The van der Waals surface area contributed by atoms with Gasteiger partial charge in [-0.25, -0.2) is 9.97 Å². The smallest absolute Gasteiger partial charge is 0.208 e. The van der Waals surface area contributed by atoms with E-state index in [1.165, 1.54) is 11.3 Å². The van der Waals surface area contributed by atoms with Crippen molar-refractivity contribution in [2.75, 3.05) is 36.8 Å². The molecule has 0 atom stereocenters. The van der Waals surface area contributed by atoms with Crippen LogP contribution >= 0.6 is 11.3 Å². The van der Waals surface area contributed by atoms with E-state index in [4.69, 9.17) is 5.73 Å². The molecule has 1 aliphatic heterocycles. The normalized spacial score (nSPS) is 15.7. The first-order chi connectivity index (χ1) is 10.3. The van der Waals surface area contributed by atoms with Crippen molar-refractivity contribution < 1.29 is 9.07 Å². The third kappa shape index (κ3) is 3.03. The molecule has 0 aliphatic carbocycles. The van der Waals surface area contributed by atoms with Crippen LogP contribution in [0.2, 0.25) is 0 Å². The van der Waals surface area contributed by atoms with E-state index in [0.717, 1.165) is 37.7 Å². The Labute approximate surface area is 131 Å². The summed E-state index contributed by atoms with van der Waals surface area (Å²) in [4.78, 5) is 23.6. The fourth-order valence-electron chi connectivity index (χ4n) is 2.30. The molecule has 0 spiro atoms. The molecule has 3 heterocycles. The summed E-state index contributed by atoms with van der Waals surface area (Å²) < 4.78 is 0. The second kappa shape index (κ2) is 6.19. The Balaban J connectivity index is 0.00000176. The van der Waals surface area contributed by atoms with E-state index >= 15 is 0 Å². The maximum absolute atomic E-state index is 12.5. The summed E-state index contributed by atoms with van der Waals surface area (Å²) in [5.41, 5.74) is 6.20. The predicted molar refractivity (Wildman–Crippen MR) is 90.2 cm³/mol. The van der Waals surface area contributed by atoms with Crippen LogP contribution < -0.4 is 16.0 Å². The quantitative estimate of drug-likeness (QED) is 0.842. The van der Waals surface area contributed by atoms with E-state index in [1.54, 1.807) is 24.5 Å². The number of hydrogen-bond donors (Lipinski definition) is 2. The minimum atomic E-state index is -0.114. The van der Waals surface area contributed by atoms with Crippen LogP contribution in [0.25, 0.3) is 0 Å². The number of nitrogens with two attached hydrogens (primary N) is 1. The summed E-state index contributed by atoms with van der Waals surface area (Å²) in [6.45, 7) is 3.84. The molecule has 1 fully saturated rings. The summed E-state index contributed by atoms with van der Waals surface area (Å²) >= 11 is 1.41.